The van der Waals surface area contributed by atoms with Crippen molar-refractivity contribution in [2.45, 2.75) is 90.3 Å². The maximum absolute atomic E-state index is 6.50. The van der Waals surface area contributed by atoms with E-state index in [1.807, 2.05) is 0 Å². The molecule has 2 rings (SSSR count). The van der Waals surface area contributed by atoms with Crippen molar-refractivity contribution in [1.82, 2.24) is 4.48 Å². The van der Waals surface area contributed by atoms with Crippen LogP contribution in [0.15, 0.2) is 24.3 Å². The first kappa shape index (κ1) is 26.1. The summed E-state index contributed by atoms with van der Waals surface area (Å²) in [6, 6.07) is 10.3. The van der Waals surface area contributed by atoms with Crippen molar-refractivity contribution in [2.24, 2.45) is 0 Å². The molecule has 0 saturated carbocycles. The number of halogens is 1. The molecule has 1 aromatic rings. The van der Waals surface area contributed by atoms with E-state index in [0.29, 0.717) is 0 Å². The quantitative estimate of drug-likeness (QED) is 0.167. The SMILES string of the molecule is CCCCCCCCCC[Si](C)(C)OCC[N+]1(C)CCCc2ccccc21.[I-]. The van der Waals surface area contributed by atoms with Crippen LogP contribution in [-0.2, 0) is 10.8 Å². The molecule has 0 aromatic heterocycles. The van der Waals surface area contributed by atoms with Gasteiger partial charge in [-0.2, -0.15) is 0 Å². The number of quaternary nitrogens is 1. The molecule has 0 radical (unpaired) electrons. The van der Waals surface area contributed by atoms with Gasteiger partial charge in [-0.15, -0.1) is 0 Å². The molecule has 1 aliphatic rings. The normalized spacial score (nSPS) is 19.1. The lowest BCUT2D eigenvalue weighted by Gasteiger charge is -2.39. The number of benzene rings is 1. The molecule has 28 heavy (non-hydrogen) atoms. The molecular weight excluding hydrogens is 473 g/mol. The summed E-state index contributed by atoms with van der Waals surface area (Å²) in [6.45, 7) is 10.4. The van der Waals surface area contributed by atoms with Gasteiger partial charge in [-0.1, -0.05) is 76.5 Å². The Bertz CT molecular complexity index is 551. The minimum absolute atomic E-state index is 0. The molecule has 0 fully saturated rings. The minimum Gasteiger partial charge on any atom is -1.00 e. The molecular formula is C24H44INOSi. The molecule has 0 N–H and O–H groups in total. The van der Waals surface area contributed by atoms with E-state index in [0.717, 1.165) is 17.6 Å². The highest BCUT2D eigenvalue weighted by atomic mass is 127. The van der Waals surface area contributed by atoms with E-state index in [4.69, 9.17) is 4.43 Å². The molecule has 1 aliphatic heterocycles. The summed E-state index contributed by atoms with van der Waals surface area (Å²) in [6.07, 6.45) is 13.8. The van der Waals surface area contributed by atoms with E-state index in [-0.39, 0.29) is 24.0 Å². The van der Waals surface area contributed by atoms with Gasteiger partial charge in [0.1, 0.15) is 12.2 Å². The van der Waals surface area contributed by atoms with E-state index >= 15 is 0 Å². The Labute approximate surface area is 193 Å². The second kappa shape index (κ2) is 13.4. The molecule has 0 amide bonds. The highest BCUT2D eigenvalue weighted by molar-refractivity contribution is 6.71. The summed E-state index contributed by atoms with van der Waals surface area (Å²) in [5.41, 5.74) is 3.07. The van der Waals surface area contributed by atoms with Gasteiger partial charge < -0.3 is 28.4 Å². The first-order chi connectivity index (χ1) is 13.0. The molecule has 1 atom stereocenters. The van der Waals surface area contributed by atoms with Crippen LogP contribution in [0.5, 0.6) is 0 Å². The smallest absolute Gasteiger partial charge is 0.187 e. The average Bonchev–Trinajstić information content (AvgIpc) is 2.64. The maximum atomic E-state index is 6.50. The van der Waals surface area contributed by atoms with Crippen LogP contribution in [0, 0.1) is 0 Å². The number of rotatable bonds is 13. The second-order valence-electron chi connectivity index (χ2n) is 9.41. The van der Waals surface area contributed by atoms with Gasteiger partial charge in [-0.3, -0.25) is 4.48 Å². The number of nitrogens with zero attached hydrogens (tertiary/aromatic N) is 1. The van der Waals surface area contributed by atoms with Crippen LogP contribution in [-0.4, -0.2) is 35.1 Å². The zero-order valence-electron chi connectivity index (χ0n) is 18.9. The Morgan fingerprint density at radius 2 is 1.61 bits per heavy atom. The Morgan fingerprint density at radius 1 is 0.964 bits per heavy atom. The first-order valence-electron chi connectivity index (χ1n) is 11.5. The number of para-hydroxylation sites is 1. The fourth-order valence-electron chi connectivity index (χ4n) is 4.50. The molecule has 1 heterocycles. The molecule has 162 valence electrons. The average molecular weight is 518 g/mol. The lowest BCUT2D eigenvalue weighted by molar-refractivity contribution is -0.00000729. The predicted molar refractivity (Wildman–Crippen MR) is 123 cm³/mol. The lowest BCUT2D eigenvalue weighted by atomic mass is 10.00. The van der Waals surface area contributed by atoms with E-state index in [1.54, 1.807) is 5.56 Å². The third-order valence-corrected chi connectivity index (χ3v) is 8.92. The summed E-state index contributed by atoms with van der Waals surface area (Å²) in [5.74, 6) is 0. The van der Waals surface area contributed by atoms with Crippen LogP contribution in [0.3, 0.4) is 0 Å². The number of hydrogen-bond acceptors (Lipinski definition) is 1. The third-order valence-electron chi connectivity index (χ3n) is 6.38. The molecule has 0 saturated heterocycles. The summed E-state index contributed by atoms with van der Waals surface area (Å²) < 4.78 is 7.55. The Kier molecular flexibility index (Phi) is 12.5. The van der Waals surface area contributed by atoms with Gasteiger partial charge in [-0.25, -0.2) is 0 Å². The van der Waals surface area contributed by atoms with Gasteiger partial charge in [-0.05, 0) is 31.6 Å². The number of hydrogen-bond donors (Lipinski definition) is 0. The molecule has 0 bridgehead atoms. The summed E-state index contributed by atoms with van der Waals surface area (Å²) in [5, 5.41) is 0. The number of aryl methyl sites for hydroxylation is 1. The molecule has 0 spiro atoms. The number of fused-ring (bicyclic) bond motifs is 1. The molecule has 0 aliphatic carbocycles. The van der Waals surface area contributed by atoms with Crippen LogP contribution in [0.2, 0.25) is 19.1 Å². The van der Waals surface area contributed by atoms with E-state index in [2.05, 4.69) is 51.3 Å². The predicted octanol–water partition coefficient (Wildman–Crippen LogP) is 3.94. The van der Waals surface area contributed by atoms with Gasteiger partial charge >= 0.3 is 0 Å². The minimum atomic E-state index is -1.50. The van der Waals surface area contributed by atoms with Crippen molar-refractivity contribution in [3.05, 3.63) is 29.8 Å². The lowest BCUT2D eigenvalue weighted by Crippen LogP contribution is -3.00. The number of likely N-dealkylation sites (N-methyl/N-ethyl adjacent to an activating group) is 1. The second-order valence-corrected chi connectivity index (χ2v) is 13.7. The van der Waals surface area contributed by atoms with Crippen molar-refractivity contribution in [1.29, 1.82) is 0 Å². The van der Waals surface area contributed by atoms with E-state index in [9.17, 15) is 0 Å². The van der Waals surface area contributed by atoms with Crippen molar-refractivity contribution >= 4 is 14.0 Å². The topological polar surface area (TPSA) is 9.23 Å². The fourth-order valence-corrected chi connectivity index (χ4v) is 6.39. The molecule has 1 unspecified atom stereocenters. The Balaban J connectivity index is 0.00000392. The highest BCUT2D eigenvalue weighted by Gasteiger charge is 2.32. The first-order valence-corrected chi connectivity index (χ1v) is 14.7. The van der Waals surface area contributed by atoms with E-state index < -0.39 is 8.32 Å². The summed E-state index contributed by atoms with van der Waals surface area (Å²) in [7, 11) is 0.894. The van der Waals surface area contributed by atoms with Crippen LogP contribution >= 0.6 is 0 Å². The van der Waals surface area contributed by atoms with Gasteiger partial charge in [0.05, 0.1) is 20.2 Å². The zero-order valence-corrected chi connectivity index (χ0v) is 22.1. The fraction of sp³-hybridized carbons (Fsp3) is 0.750. The molecule has 1 aromatic carbocycles. The van der Waals surface area contributed by atoms with Crippen molar-refractivity contribution in [3.8, 4) is 0 Å². The van der Waals surface area contributed by atoms with Crippen LogP contribution in [0.1, 0.15) is 70.3 Å². The maximum Gasteiger partial charge on any atom is 0.187 e. The van der Waals surface area contributed by atoms with Gasteiger partial charge in [0.25, 0.3) is 0 Å². The van der Waals surface area contributed by atoms with Crippen LogP contribution < -0.4 is 28.5 Å². The summed E-state index contributed by atoms with van der Waals surface area (Å²) in [4.78, 5) is 0. The zero-order chi connectivity index (χ0) is 19.6. The van der Waals surface area contributed by atoms with Gasteiger partial charge in [0.15, 0.2) is 8.32 Å². The van der Waals surface area contributed by atoms with Crippen molar-refractivity contribution < 1.29 is 28.4 Å². The van der Waals surface area contributed by atoms with Crippen molar-refractivity contribution in [3.63, 3.8) is 0 Å². The largest absolute Gasteiger partial charge is 1.00 e. The third kappa shape index (κ3) is 8.84. The van der Waals surface area contributed by atoms with Crippen molar-refractivity contribution in [2.75, 3.05) is 26.7 Å². The van der Waals surface area contributed by atoms with Gasteiger partial charge in [0, 0.05) is 12.0 Å². The highest BCUT2D eigenvalue weighted by Crippen LogP contribution is 2.31. The molecule has 4 heteroatoms. The standard InChI is InChI=1S/C24H44NOSi.HI/c1-5-6-7-8-9-10-11-14-22-27(3,4)26-21-20-25(2)19-15-17-23-16-12-13-18-24(23)25;/h12-13,16,18H,5-11,14-15,17,19-22H2,1-4H3;1H/q+1;/p-1. The monoisotopic (exact) mass is 517 g/mol. The van der Waals surface area contributed by atoms with Crippen LogP contribution in [0.4, 0.5) is 5.69 Å². The number of unbranched alkanes of at least 4 members (excludes halogenated alkanes) is 7. The van der Waals surface area contributed by atoms with Gasteiger partial charge in [0.2, 0.25) is 0 Å². The van der Waals surface area contributed by atoms with Crippen LogP contribution in [0.25, 0.3) is 0 Å². The Morgan fingerprint density at radius 3 is 2.32 bits per heavy atom. The van der Waals surface area contributed by atoms with E-state index in [1.165, 1.54) is 82.5 Å². The molecule has 2 nitrogen and oxygen atoms in total. The Hall–Kier alpha value is 0.0869. The summed E-state index contributed by atoms with van der Waals surface area (Å²) >= 11 is 0.